The highest BCUT2D eigenvalue weighted by Gasteiger charge is 2.48. The summed E-state index contributed by atoms with van der Waals surface area (Å²) >= 11 is 0. The van der Waals surface area contributed by atoms with Crippen LogP contribution in [0.25, 0.3) is 0 Å². The summed E-state index contributed by atoms with van der Waals surface area (Å²) in [7, 11) is 0. The number of nitrogens with zero attached hydrogens (tertiary/aromatic N) is 1. The molecule has 2 aliphatic rings. The summed E-state index contributed by atoms with van der Waals surface area (Å²) < 4.78 is 0. The molecule has 1 atom stereocenters. The van der Waals surface area contributed by atoms with Gasteiger partial charge in [-0.2, -0.15) is 0 Å². The molecule has 3 rings (SSSR count). The zero-order chi connectivity index (χ0) is 24.2. The van der Waals surface area contributed by atoms with Crippen LogP contribution in [0.15, 0.2) is 12.1 Å². The van der Waals surface area contributed by atoms with E-state index >= 15 is 0 Å². The van der Waals surface area contributed by atoms with Crippen molar-refractivity contribution in [2.24, 2.45) is 11.3 Å². The Labute approximate surface area is 197 Å². The third-order valence-electron chi connectivity index (χ3n) is 7.09. The number of carbonyl (C=O) groups is 3. The van der Waals surface area contributed by atoms with E-state index in [4.69, 9.17) is 4.84 Å². The highest BCUT2D eigenvalue weighted by molar-refractivity contribution is 6.10. The maximum absolute atomic E-state index is 13.3. The predicted octanol–water partition coefficient (Wildman–Crippen LogP) is 3.48. The summed E-state index contributed by atoms with van der Waals surface area (Å²) in [6.45, 7) is 11.7. The van der Waals surface area contributed by atoms with E-state index in [-0.39, 0.29) is 28.8 Å². The van der Waals surface area contributed by atoms with E-state index < -0.39 is 5.92 Å². The molecule has 178 valence electrons. The van der Waals surface area contributed by atoms with Gasteiger partial charge >= 0.3 is 0 Å². The lowest BCUT2D eigenvalue weighted by Crippen LogP contribution is -2.50. The van der Waals surface area contributed by atoms with E-state index in [2.05, 4.69) is 17.3 Å². The Kier molecular flexibility index (Phi) is 8.10. The fraction of sp³-hybridized carbons (Fsp3) is 0.593. The quantitative estimate of drug-likeness (QED) is 0.310. The first kappa shape index (κ1) is 25.1. The second kappa shape index (κ2) is 10.6. The third kappa shape index (κ3) is 5.54. The van der Waals surface area contributed by atoms with E-state index in [0.717, 1.165) is 22.3 Å². The molecule has 1 spiro atoms. The summed E-state index contributed by atoms with van der Waals surface area (Å²) in [6.07, 6.45) is 2.19. The van der Waals surface area contributed by atoms with E-state index in [1.807, 2.05) is 44.7 Å². The molecule has 2 fully saturated rings. The molecule has 1 aromatic carbocycles. The van der Waals surface area contributed by atoms with Gasteiger partial charge in [0, 0.05) is 38.0 Å². The molecule has 1 amide bonds. The Bertz CT molecular complexity index is 937. The van der Waals surface area contributed by atoms with Crippen molar-refractivity contribution < 1.29 is 19.2 Å². The van der Waals surface area contributed by atoms with Gasteiger partial charge in [0.05, 0.1) is 12.5 Å². The van der Waals surface area contributed by atoms with Crippen molar-refractivity contribution in [1.29, 1.82) is 0 Å². The van der Waals surface area contributed by atoms with Crippen molar-refractivity contribution in [2.45, 2.75) is 66.2 Å². The first-order valence-corrected chi connectivity index (χ1v) is 11.9. The van der Waals surface area contributed by atoms with Gasteiger partial charge in [-0.25, -0.2) is 5.48 Å². The topological polar surface area (TPSA) is 75.7 Å². The molecule has 1 heterocycles. The molecule has 0 aromatic heterocycles. The number of piperidine rings is 1. The summed E-state index contributed by atoms with van der Waals surface area (Å²) in [5.41, 5.74) is 6.16. The van der Waals surface area contributed by atoms with Gasteiger partial charge in [-0.1, -0.05) is 12.8 Å². The Morgan fingerprint density at radius 3 is 2.27 bits per heavy atom. The van der Waals surface area contributed by atoms with Crippen molar-refractivity contribution in [2.75, 3.05) is 26.2 Å². The number of amides is 1. The lowest BCUT2D eigenvalue weighted by Gasteiger charge is -2.45. The molecule has 1 aliphatic heterocycles. The van der Waals surface area contributed by atoms with Crippen LogP contribution in [0.5, 0.6) is 0 Å². The minimum atomic E-state index is -0.677. The van der Waals surface area contributed by atoms with Gasteiger partial charge < -0.3 is 9.74 Å². The number of aryl methyl sites for hydroxylation is 2. The Balaban J connectivity index is 1.68. The van der Waals surface area contributed by atoms with Gasteiger partial charge in [0.15, 0.2) is 0 Å². The fourth-order valence-electron chi connectivity index (χ4n) is 5.39. The van der Waals surface area contributed by atoms with E-state index in [0.29, 0.717) is 51.9 Å². The van der Waals surface area contributed by atoms with Crippen LogP contribution in [-0.2, 0) is 19.2 Å². The van der Waals surface area contributed by atoms with Gasteiger partial charge in [-0.05, 0) is 74.8 Å². The number of Topliss-reactive ketones (excluding diaryl/α,β-unsaturated/α-hetero) is 2. The van der Waals surface area contributed by atoms with Crippen LogP contribution in [0.2, 0.25) is 0 Å². The van der Waals surface area contributed by atoms with E-state index in [1.165, 1.54) is 0 Å². The Morgan fingerprint density at radius 1 is 1.18 bits per heavy atom. The van der Waals surface area contributed by atoms with E-state index in [9.17, 15) is 14.4 Å². The molecule has 1 unspecified atom stereocenters. The molecule has 1 N–H and O–H groups in total. The number of rotatable bonds is 6. The van der Waals surface area contributed by atoms with Crippen LogP contribution in [0.4, 0.5) is 0 Å². The second-order valence-corrected chi connectivity index (χ2v) is 9.63. The number of benzene rings is 1. The minimum Gasteiger partial charge on any atom is -0.342 e. The van der Waals surface area contributed by atoms with Gasteiger partial charge in [-0.3, -0.25) is 14.4 Å². The summed E-state index contributed by atoms with van der Waals surface area (Å²) in [5, 5.41) is 0. The number of hydrogen-bond donors (Lipinski definition) is 1. The summed E-state index contributed by atoms with van der Waals surface area (Å²) in [5.74, 6) is 5.22. The van der Waals surface area contributed by atoms with E-state index in [1.54, 1.807) is 6.92 Å². The molecule has 1 saturated carbocycles. The lowest BCUT2D eigenvalue weighted by molar-refractivity contribution is -0.142. The first-order chi connectivity index (χ1) is 15.7. The second-order valence-electron chi connectivity index (χ2n) is 9.63. The maximum atomic E-state index is 13.3. The van der Waals surface area contributed by atoms with Crippen LogP contribution in [0.1, 0.15) is 74.6 Å². The summed E-state index contributed by atoms with van der Waals surface area (Å²) in [6, 6.07) is 3.94. The molecule has 0 radical (unpaired) electrons. The zero-order valence-electron chi connectivity index (χ0n) is 20.5. The molecular formula is C27H36N2O4. The highest BCUT2D eigenvalue weighted by atomic mass is 16.6. The zero-order valence-corrected chi connectivity index (χ0v) is 20.5. The molecule has 6 nitrogen and oxygen atoms in total. The average Bonchev–Trinajstić information content (AvgIpc) is 2.75. The number of carbonyl (C=O) groups excluding carboxylic acids is 3. The Hall–Kier alpha value is -2.49. The Morgan fingerprint density at radius 2 is 1.76 bits per heavy atom. The van der Waals surface area contributed by atoms with Gasteiger partial charge in [0.25, 0.3) is 0 Å². The van der Waals surface area contributed by atoms with Crippen LogP contribution in [0.3, 0.4) is 0 Å². The van der Waals surface area contributed by atoms with Crippen molar-refractivity contribution >= 4 is 17.5 Å². The summed E-state index contributed by atoms with van der Waals surface area (Å²) in [4.78, 5) is 46.4. The lowest BCUT2D eigenvalue weighted by atomic mass is 9.62. The van der Waals surface area contributed by atoms with Gasteiger partial charge in [0.1, 0.15) is 17.5 Å². The van der Waals surface area contributed by atoms with Crippen molar-refractivity contribution in [3.8, 4) is 11.8 Å². The SMILES string of the molecule is CC#Cc1cc(C)c(C2C(=O)CC3(CCN(C(=O)C(C)CNOCC)CC3)CC2=O)c(C)c1. The fourth-order valence-corrected chi connectivity index (χ4v) is 5.39. The molecule has 0 bridgehead atoms. The number of likely N-dealkylation sites (tertiary alicyclic amines) is 1. The smallest absolute Gasteiger partial charge is 0.226 e. The van der Waals surface area contributed by atoms with Gasteiger partial charge in [0.2, 0.25) is 5.91 Å². The number of hydroxylamine groups is 1. The van der Waals surface area contributed by atoms with Crippen LogP contribution in [-0.4, -0.2) is 48.6 Å². The van der Waals surface area contributed by atoms with Gasteiger partial charge in [-0.15, -0.1) is 5.92 Å². The average molecular weight is 453 g/mol. The highest BCUT2D eigenvalue weighted by Crippen LogP contribution is 2.46. The number of hydrogen-bond acceptors (Lipinski definition) is 5. The third-order valence-corrected chi connectivity index (χ3v) is 7.09. The number of nitrogens with one attached hydrogen (secondary N) is 1. The van der Waals surface area contributed by atoms with Crippen LogP contribution < -0.4 is 5.48 Å². The van der Waals surface area contributed by atoms with Crippen molar-refractivity contribution in [3.63, 3.8) is 0 Å². The van der Waals surface area contributed by atoms with Crippen molar-refractivity contribution in [1.82, 2.24) is 10.4 Å². The standard InChI is InChI=1S/C27H36N2O4/c1-6-8-21-13-18(3)24(19(4)14-21)25-22(30)15-27(16-23(25)31)9-11-29(12-10-27)26(32)20(5)17-28-33-7-2/h13-14,20,25,28H,7,9-12,15-17H2,1-5H3. The first-order valence-electron chi connectivity index (χ1n) is 11.9. The predicted molar refractivity (Wildman–Crippen MR) is 127 cm³/mol. The molecule has 33 heavy (non-hydrogen) atoms. The number of ketones is 2. The van der Waals surface area contributed by atoms with Crippen LogP contribution in [0, 0.1) is 37.0 Å². The monoisotopic (exact) mass is 452 g/mol. The largest absolute Gasteiger partial charge is 0.342 e. The minimum absolute atomic E-state index is 0.0147. The maximum Gasteiger partial charge on any atom is 0.226 e. The molecule has 6 heteroatoms. The molecule has 1 aliphatic carbocycles. The normalized spacial score (nSPS) is 19.4. The van der Waals surface area contributed by atoms with Crippen molar-refractivity contribution in [3.05, 3.63) is 34.4 Å². The van der Waals surface area contributed by atoms with Crippen LogP contribution >= 0.6 is 0 Å². The molecule has 1 saturated heterocycles. The molecular weight excluding hydrogens is 416 g/mol. The molecule has 1 aromatic rings.